The molecule has 5 heteroatoms. The summed E-state index contributed by atoms with van der Waals surface area (Å²) in [6.45, 7) is 1.91. The quantitative estimate of drug-likeness (QED) is 0.828. The van der Waals surface area contributed by atoms with Crippen molar-refractivity contribution in [3.05, 3.63) is 54.1 Å². The van der Waals surface area contributed by atoms with E-state index in [1.807, 2.05) is 17.1 Å². The van der Waals surface area contributed by atoms with Crippen molar-refractivity contribution in [1.82, 2.24) is 9.55 Å². The van der Waals surface area contributed by atoms with Crippen LogP contribution in [0.25, 0.3) is 0 Å². The lowest BCUT2D eigenvalue weighted by molar-refractivity contribution is -0.176. The van der Waals surface area contributed by atoms with E-state index in [4.69, 9.17) is 9.47 Å². The Morgan fingerprint density at radius 3 is 2.38 bits per heavy atom. The van der Waals surface area contributed by atoms with E-state index in [2.05, 4.69) is 29.2 Å². The first kappa shape index (κ1) is 17.5. The first-order valence-corrected chi connectivity index (χ1v) is 8.70. The van der Waals surface area contributed by atoms with Crippen LogP contribution in [0.3, 0.4) is 0 Å². The first-order valence-electron chi connectivity index (χ1n) is 8.70. The van der Waals surface area contributed by atoms with Gasteiger partial charge in [0.1, 0.15) is 0 Å². The van der Waals surface area contributed by atoms with E-state index >= 15 is 0 Å². The SMILES string of the molecule is Cl.c1cn(CC2(c3ccc(C4CCCCC4)cc3)OCCO2)cn1. The second kappa shape index (κ2) is 7.68. The van der Waals surface area contributed by atoms with Crippen molar-refractivity contribution in [2.75, 3.05) is 13.2 Å². The minimum Gasteiger partial charge on any atom is -0.342 e. The van der Waals surface area contributed by atoms with Crippen molar-refractivity contribution in [2.45, 2.75) is 50.4 Å². The molecule has 0 amide bonds. The zero-order valence-corrected chi connectivity index (χ0v) is 14.7. The van der Waals surface area contributed by atoms with Crippen molar-refractivity contribution < 1.29 is 9.47 Å². The van der Waals surface area contributed by atoms with Crippen LogP contribution in [0.5, 0.6) is 0 Å². The van der Waals surface area contributed by atoms with E-state index in [1.54, 1.807) is 6.20 Å². The standard InChI is InChI=1S/C19H24N2O2.ClH/c1-2-4-16(5-3-1)17-6-8-18(9-7-17)19(22-12-13-23-19)14-21-11-10-20-15-21;/h6-11,15-16H,1-5,12-14H2;1H. The second-order valence-electron chi connectivity index (χ2n) is 6.64. The molecular formula is C19H25ClN2O2. The highest BCUT2D eigenvalue weighted by Crippen LogP contribution is 2.36. The summed E-state index contributed by atoms with van der Waals surface area (Å²) in [6.07, 6.45) is 12.3. The van der Waals surface area contributed by atoms with Crippen LogP contribution in [0.4, 0.5) is 0 Å². The molecule has 1 saturated carbocycles. The fraction of sp³-hybridized carbons (Fsp3) is 0.526. The van der Waals surface area contributed by atoms with Crippen molar-refractivity contribution in [1.29, 1.82) is 0 Å². The molecule has 2 aliphatic rings. The average Bonchev–Trinajstić information content (AvgIpc) is 3.29. The van der Waals surface area contributed by atoms with Crippen LogP contribution in [0.15, 0.2) is 43.0 Å². The Morgan fingerprint density at radius 1 is 1.04 bits per heavy atom. The Balaban J connectivity index is 0.00000169. The van der Waals surface area contributed by atoms with Crippen LogP contribution in [0.1, 0.15) is 49.1 Å². The third-order valence-electron chi connectivity index (χ3n) is 5.13. The summed E-state index contributed by atoms with van der Waals surface area (Å²) in [5.74, 6) is 0.0547. The van der Waals surface area contributed by atoms with Crippen LogP contribution >= 0.6 is 12.4 Å². The predicted octanol–water partition coefficient (Wildman–Crippen LogP) is 4.25. The Morgan fingerprint density at radius 2 is 1.75 bits per heavy atom. The predicted molar refractivity (Wildman–Crippen MR) is 95.3 cm³/mol. The summed E-state index contributed by atoms with van der Waals surface area (Å²) in [5, 5.41) is 0. The number of imidazole rings is 1. The second-order valence-corrected chi connectivity index (χ2v) is 6.64. The summed E-state index contributed by atoms with van der Waals surface area (Å²) in [7, 11) is 0. The van der Waals surface area contributed by atoms with Crippen LogP contribution in [0, 0.1) is 0 Å². The number of benzene rings is 1. The van der Waals surface area contributed by atoms with E-state index in [9.17, 15) is 0 Å². The molecule has 1 saturated heterocycles. The molecule has 130 valence electrons. The first-order chi connectivity index (χ1) is 11.4. The Labute approximate surface area is 149 Å². The molecule has 2 fully saturated rings. The van der Waals surface area contributed by atoms with Gasteiger partial charge in [0.25, 0.3) is 0 Å². The van der Waals surface area contributed by atoms with Crippen LogP contribution in [-0.4, -0.2) is 22.8 Å². The van der Waals surface area contributed by atoms with Gasteiger partial charge >= 0.3 is 0 Å². The van der Waals surface area contributed by atoms with Crippen LogP contribution in [-0.2, 0) is 21.8 Å². The van der Waals surface area contributed by atoms with Gasteiger partial charge < -0.3 is 14.0 Å². The Hall–Kier alpha value is -1.36. The number of rotatable bonds is 4. The van der Waals surface area contributed by atoms with E-state index < -0.39 is 5.79 Å². The highest BCUT2D eigenvalue weighted by atomic mass is 35.5. The number of hydrogen-bond donors (Lipinski definition) is 0. The molecule has 4 nitrogen and oxygen atoms in total. The minimum atomic E-state index is -0.675. The highest BCUT2D eigenvalue weighted by Gasteiger charge is 2.39. The largest absolute Gasteiger partial charge is 0.342 e. The Bertz CT molecular complexity index is 615. The van der Waals surface area contributed by atoms with Crippen LogP contribution in [0.2, 0.25) is 0 Å². The topological polar surface area (TPSA) is 36.3 Å². The monoisotopic (exact) mass is 348 g/mol. The molecule has 0 spiro atoms. The minimum absolute atomic E-state index is 0. The third kappa shape index (κ3) is 3.51. The molecule has 1 aromatic carbocycles. The maximum atomic E-state index is 6.01. The number of nitrogens with zero attached hydrogens (tertiary/aromatic N) is 2. The van der Waals surface area contributed by atoms with Crippen molar-refractivity contribution in [3.63, 3.8) is 0 Å². The molecule has 2 aromatic rings. The molecule has 2 heterocycles. The molecule has 0 atom stereocenters. The van der Waals surface area contributed by atoms with Crippen molar-refractivity contribution >= 4 is 12.4 Å². The number of halogens is 1. The zero-order valence-electron chi connectivity index (χ0n) is 13.9. The zero-order chi connectivity index (χ0) is 15.5. The van der Waals surface area contributed by atoms with Gasteiger partial charge in [0.2, 0.25) is 5.79 Å². The lowest BCUT2D eigenvalue weighted by Crippen LogP contribution is -2.32. The molecule has 1 aromatic heterocycles. The summed E-state index contributed by atoms with van der Waals surface area (Å²) in [6, 6.07) is 8.91. The van der Waals surface area contributed by atoms with Crippen molar-refractivity contribution in [2.24, 2.45) is 0 Å². The molecule has 0 N–H and O–H groups in total. The lowest BCUT2D eigenvalue weighted by atomic mass is 9.83. The van der Waals surface area contributed by atoms with Crippen molar-refractivity contribution in [3.8, 4) is 0 Å². The molecule has 0 bridgehead atoms. The smallest absolute Gasteiger partial charge is 0.213 e. The molecule has 1 aliphatic carbocycles. The molecule has 0 radical (unpaired) electrons. The maximum Gasteiger partial charge on any atom is 0.213 e. The normalized spacial score (nSPS) is 20.7. The summed E-state index contributed by atoms with van der Waals surface area (Å²) >= 11 is 0. The summed E-state index contributed by atoms with van der Waals surface area (Å²) in [4.78, 5) is 4.12. The fourth-order valence-electron chi connectivity index (χ4n) is 3.87. The van der Waals surface area contributed by atoms with Gasteiger partial charge in [0, 0.05) is 18.0 Å². The lowest BCUT2D eigenvalue weighted by Gasteiger charge is -2.29. The number of ether oxygens (including phenoxy) is 2. The van der Waals surface area contributed by atoms with Crippen LogP contribution < -0.4 is 0 Å². The number of aromatic nitrogens is 2. The van der Waals surface area contributed by atoms with E-state index in [-0.39, 0.29) is 12.4 Å². The van der Waals surface area contributed by atoms with Gasteiger partial charge in [-0.3, -0.25) is 0 Å². The molecule has 0 unspecified atom stereocenters. The van der Waals surface area contributed by atoms with Gasteiger partial charge in [0.15, 0.2) is 0 Å². The molecule has 4 rings (SSSR count). The maximum absolute atomic E-state index is 6.01. The molecule has 1 aliphatic heterocycles. The van der Waals surface area contributed by atoms with E-state index in [0.29, 0.717) is 19.8 Å². The molecule has 24 heavy (non-hydrogen) atoms. The van der Waals surface area contributed by atoms with E-state index in [1.165, 1.54) is 37.7 Å². The van der Waals surface area contributed by atoms with E-state index in [0.717, 1.165) is 11.5 Å². The van der Waals surface area contributed by atoms with Gasteiger partial charge in [-0.15, -0.1) is 12.4 Å². The highest BCUT2D eigenvalue weighted by molar-refractivity contribution is 5.85. The molecular weight excluding hydrogens is 324 g/mol. The van der Waals surface area contributed by atoms with Gasteiger partial charge in [-0.05, 0) is 24.3 Å². The summed E-state index contributed by atoms with van der Waals surface area (Å²) in [5.41, 5.74) is 2.56. The Kier molecular flexibility index (Phi) is 5.59. The third-order valence-corrected chi connectivity index (χ3v) is 5.13. The van der Waals surface area contributed by atoms with Gasteiger partial charge in [-0.1, -0.05) is 43.5 Å². The van der Waals surface area contributed by atoms with Gasteiger partial charge in [-0.2, -0.15) is 0 Å². The fourth-order valence-corrected chi connectivity index (χ4v) is 3.87. The average molecular weight is 349 g/mol. The summed E-state index contributed by atoms with van der Waals surface area (Å²) < 4.78 is 14.0. The number of hydrogen-bond acceptors (Lipinski definition) is 3. The van der Waals surface area contributed by atoms with Gasteiger partial charge in [0.05, 0.1) is 26.1 Å². The van der Waals surface area contributed by atoms with Gasteiger partial charge in [-0.25, -0.2) is 4.98 Å².